The minimum absolute atomic E-state index is 0.0113. The Kier molecular flexibility index (Phi) is 4.04. The van der Waals surface area contributed by atoms with E-state index in [1.165, 1.54) is 30.3 Å². The van der Waals surface area contributed by atoms with Crippen LogP contribution in [-0.4, -0.2) is 20.9 Å². The highest BCUT2D eigenvalue weighted by Crippen LogP contribution is 2.32. The van der Waals surface area contributed by atoms with E-state index in [-0.39, 0.29) is 12.1 Å². The lowest BCUT2D eigenvalue weighted by molar-refractivity contribution is 0.408. The van der Waals surface area contributed by atoms with Crippen LogP contribution in [0.5, 0.6) is 5.88 Å². The van der Waals surface area contributed by atoms with Crippen molar-refractivity contribution >= 4 is 23.6 Å². The molecular formula is C20H14FN3O3. The van der Waals surface area contributed by atoms with Crippen molar-refractivity contribution in [2.45, 2.75) is 6.54 Å². The Morgan fingerprint density at radius 1 is 1.11 bits per heavy atom. The monoisotopic (exact) mass is 363 g/mol. The lowest BCUT2D eigenvalue weighted by atomic mass is 10.1. The standard InChI is InChI=1S/C20H14FN3O3/c21-14-7-5-12(6-8-14)11-24-19(26)16(18(25)23-20(24)27)9-13-10-22-17-4-2-1-3-15(13)17/h1-10,26H,11H2,(H,23,25,27). The molecule has 1 aliphatic rings. The number of aromatic hydroxyl groups is 1. The van der Waals surface area contributed by atoms with Crippen LogP contribution in [0.4, 0.5) is 10.1 Å². The molecule has 0 aliphatic carbocycles. The molecule has 0 unspecified atom stereocenters. The van der Waals surface area contributed by atoms with Gasteiger partial charge >= 0.3 is 5.69 Å². The molecule has 27 heavy (non-hydrogen) atoms. The van der Waals surface area contributed by atoms with Crippen molar-refractivity contribution in [3.05, 3.63) is 91.9 Å². The average Bonchev–Trinajstić information content (AvgIpc) is 3.07. The summed E-state index contributed by atoms with van der Waals surface area (Å²) in [6.45, 7) is -0.0113. The molecule has 0 saturated heterocycles. The van der Waals surface area contributed by atoms with Gasteiger partial charge in [0.25, 0.3) is 5.56 Å². The number of hydrogen-bond donors (Lipinski definition) is 2. The summed E-state index contributed by atoms with van der Waals surface area (Å²) < 4.78 is 14.1. The number of rotatable bonds is 3. The Morgan fingerprint density at radius 2 is 1.85 bits per heavy atom. The fraction of sp³-hybridized carbons (Fsp3) is 0.0500. The first kappa shape index (κ1) is 16.7. The molecule has 2 heterocycles. The molecule has 0 spiro atoms. The van der Waals surface area contributed by atoms with Crippen molar-refractivity contribution in [2.24, 2.45) is 4.99 Å². The molecule has 134 valence electrons. The maximum absolute atomic E-state index is 13.1. The van der Waals surface area contributed by atoms with E-state index in [0.29, 0.717) is 11.1 Å². The van der Waals surface area contributed by atoms with Gasteiger partial charge < -0.3 is 5.11 Å². The molecule has 1 aliphatic heterocycles. The van der Waals surface area contributed by atoms with E-state index in [1.807, 2.05) is 24.3 Å². The number of fused-ring (bicyclic) bond motifs is 1. The zero-order valence-corrected chi connectivity index (χ0v) is 14.0. The summed E-state index contributed by atoms with van der Waals surface area (Å²) in [6, 6.07) is 12.9. The molecule has 7 heteroatoms. The average molecular weight is 363 g/mol. The van der Waals surface area contributed by atoms with Crippen molar-refractivity contribution in [2.75, 3.05) is 0 Å². The number of halogens is 1. The molecule has 2 aromatic carbocycles. The fourth-order valence-electron chi connectivity index (χ4n) is 2.93. The quantitative estimate of drug-likeness (QED) is 0.750. The Morgan fingerprint density at radius 3 is 2.63 bits per heavy atom. The van der Waals surface area contributed by atoms with Gasteiger partial charge in [0.1, 0.15) is 11.4 Å². The first-order valence-electron chi connectivity index (χ1n) is 8.18. The summed E-state index contributed by atoms with van der Waals surface area (Å²) >= 11 is 0. The molecule has 3 aromatic rings. The zero-order chi connectivity index (χ0) is 19.0. The number of aliphatic imine (C=N–C) groups is 1. The second-order valence-corrected chi connectivity index (χ2v) is 6.08. The summed E-state index contributed by atoms with van der Waals surface area (Å²) in [6.07, 6.45) is 3.09. The molecule has 0 fully saturated rings. The van der Waals surface area contributed by atoms with E-state index in [9.17, 15) is 19.1 Å². The summed E-state index contributed by atoms with van der Waals surface area (Å²) in [5.74, 6) is -0.861. The molecule has 0 radical (unpaired) electrons. The Labute approximate surface area is 152 Å². The third-order valence-electron chi connectivity index (χ3n) is 4.32. The van der Waals surface area contributed by atoms with Gasteiger partial charge in [-0.1, -0.05) is 30.3 Å². The largest absolute Gasteiger partial charge is 0.494 e. The maximum atomic E-state index is 13.1. The van der Waals surface area contributed by atoms with Crippen molar-refractivity contribution in [1.82, 2.24) is 9.55 Å². The van der Waals surface area contributed by atoms with Crippen molar-refractivity contribution in [3.63, 3.8) is 0 Å². The number of H-pyrrole nitrogens is 1. The van der Waals surface area contributed by atoms with Crippen LogP contribution < -0.4 is 11.2 Å². The number of aromatic nitrogens is 2. The Hall–Kier alpha value is -3.74. The predicted molar refractivity (Wildman–Crippen MR) is 101 cm³/mol. The van der Waals surface area contributed by atoms with Crippen LogP contribution in [0.3, 0.4) is 0 Å². The van der Waals surface area contributed by atoms with Gasteiger partial charge in [-0.3, -0.25) is 19.3 Å². The minimum atomic E-state index is -0.746. The Bertz CT molecular complexity index is 1200. The van der Waals surface area contributed by atoms with Crippen LogP contribution in [0, 0.1) is 5.82 Å². The van der Waals surface area contributed by atoms with Crippen LogP contribution in [0.2, 0.25) is 0 Å². The minimum Gasteiger partial charge on any atom is -0.494 e. The summed E-state index contributed by atoms with van der Waals surface area (Å²) in [5, 5.41) is 10.6. The van der Waals surface area contributed by atoms with Crippen molar-refractivity contribution < 1.29 is 9.50 Å². The van der Waals surface area contributed by atoms with Gasteiger partial charge in [-0.2, -0.15) is 0 Å². The number of nitrogens with zero attached hydrogens (tertiary/aromatic N) is 2. The highest BCUT2D eigenvalue weighted by molar-refractivity contribution is 6.21. The van der Waals surface area contributed by atoms with E-state index >= 15 is 0 Å². The number of benzene rings is 2. The highest BCUT2D eigenvalue weighted by atomic mass is 19.1. The maximum Gasteiger partial charge on any atom is 0.331 e. The Balaban J connectivity index is 1.80. The van der Waals surface area contributed by atoms with E-state index in [2.05, 4.69) is 9.98 Å². The van der Waals surface area contributed by atoms with E-state index in [4.69, 9.17) is 0 Å². The molecule has 0 amide bonds. The van der Waals surface area contributed by atoms with Crippen LogP contribution >= 0.6 is 0 Å². The molecule has 2 N–H and O–H groups in total. The third-order valence-corrected chi connectivity index (χ3v) is 4.32. The van der Waals surface area contributed by atoms with Gasteiger partial charge in [0, 0.05) is 17.4 Å². The van der Waals surface area contributed by atoms with E-state index < -0.39 is 22.9 Å². The van der Waals surface area contributed by atoms with Gasteiger partial charge in [0.15, 0.2) is 0 Å². The lowest BCUT2D eigenvalue weighted by Crippen LogP contribution is -2.31. The normalized spacial score (nSPS) is 13.9. The zero-order valence-electron chi connectivity index (χ0n) is 14.0. The lowest BCUT2D eigenvalue weighted by Gasteiger charge is -2.10. The SMILES string of the molecule is O=c1[nH]c(=O)n(Cc2ccc(F)cc2)c(O)c1C=C1C=Nc2ccccc21. The van der Waals surface area contributed by atoms with Gasteiger partial charge in [-0.05, 0) is 29.8 Å². The molecule has 6 nitrogen and oxygen atoms in total. The molecule has 1 aromatic heterocycles. The molecule has 4 rings (SSSR count). The smallest absolute Gasteiger partial charge is 0.331 e. The summed E-state index contributed by atoms with van der Waals surface area (Å²) in [7, 11) is 0. The molecule has 0 atom stereocenters. The van der Waals surface area contributed by atoms with Crippen LogP contribution in [0.25, 0.3) is 11.6 Å². The highest BCUT2D eigenvalue weighted by Gasteiger charge is 2.16. The summed E-state index contributed by atoms with van der Waals surface area (Å²) in [5.41, 5.74) is 1.36. The second-order valence-electron chi connectivity index (χ2n) is 6.08. The number of para-hydroxylation sites is 1. The van der Waals surface area contributed by atoms with E-state index in [1.54, 1.807) is 6.21 Å². The van der Waals surface area contributed by atoms with Gasteiger partial charge in [-0.25, -0.2) is 9.18 Å². The third kappa shape index (κ3) is 3.10. The van der Waals surface area contributed by atoms with Gasteiger partial charge in [0.2, 0.25) is 5.88 Å². The number of aromatic amines is 1. The van der Waals surface area contributed by atoms with Crippen molar-refractivity contribution in [1.29, 1.82) is 0 Å². The van der Waals surface area contributed by atoms with Crippen LogP contribution in [0.1, 0.15) is 16.7 Å². The number of nitrogens with one attached hydrogen (secondary N) is 1. The predicted octanol–water partition coefficient (Wildman–Crippen LogP) is 2.69. The molecule has 0 bridgehead atoms. The summed E-state index contributed by atoms with van der Waals surface area (Å²) in [4.78, 5) is 30.9. The topological polar surface area (TPSA) is 87.5 Å². The van der Waals surface area contributed by atoms with E-state index in [0.717, 1.165) is 15.8 Å². The van der Waals surface area contributed by atoms with Crippen LogP contribution in [-0.2, 0) is 6.54 Å². The molecular weight excluding hydrogens is 349 g/mol. The van der Waals surface area contributed by atoms with Crippen molar-refractivity contribution in [3.8, 4) is 5.88 Å². The second kappa shape index (κ2) is 6.53. The van der Waals surface area contributed by atoms with Crippen LogP contribution in [0.15, 0.2) is 63.1 Å². The first-order chi connectivity index (χ1) is 13.0. The number of allylic oxidation sites excluding steroid dienone is 1. The van der Waals surface area contributed by atoms with Gasteiger partial charge in [0.05, 0.1) is 12.2 Å². The first-order valence-corrected chi connectivity index (χ1v) is 8.18. The number of hydrogen-bond acceptors (Lipinski definition) is 4. The van der Waals surface area contributed by atoms with Gasteiger partial charge in [-0.15, -0.1) is 0 Å². The fourth-order valence-corrected chi connectivity index (χ4v) is 2.93. The molecule has 0 saturated carbocycles.